The molecule has 1 aromatic rings. The molecule has 1 fully saturated rings. The summed E-state index contributed by atoms with van der Waals surface area (Å²) in [6.07, 6.45) is 1.87. The fourth-order valence-electron chi connectivity index (χ4n) is 2.11. The van der Waals surface area contributed by atoms with E-state index in [1.807, 2.05) is 24.3 Å². The molecular formula is C14H19N3O2S. The lowest BCUT2D eigenvalue weighted by molar-refractivity contribution is 0.464. The highest BCUT2D eigenvalue weighted by molar-refractivity contribution is 7.87. The van der Waals surface area contributed by atoms with Gasteiger partial charge in [0.1, 0.15) is 0 Å². The summed E-state index contributed by atoms with van der Waals surface area (Å²) in [6.45, 7) is 1.80. The molecule has 0 spiro atoms. The lowest BCUT2D eigenvalue weighted by Gasteiger charge is -2.16. The van der Waals surface area contributed by atoms with Crippen molar-refractivity contribution in [3.63, 3.8) is 0 Å². The molecule has 0 radical (unpaired) electrons. The Morgan fingerprint density at radius 1 is 1.30 bits per heavy atom. The van der Waals surface area contributed by atoms with Gasteiger partial charge in [-0.2, -0.15) is 17.4 Å². The van der Waals surface area contributed by atoms with Crippen LogP contribution in [0.25, 0.3) is 0 Å². The van der Waals surface area contributed by atoms with E-state index in [2.05, 4.69) is 16.6 Å². The van der Waals surface area contributed by atoms with Crippen LogP contribution in [-0.2, 0) is 16.8 Å². The molecule has 1 aromatic carbocycles. The van der Waals surface area contributed by atoms with Gasteiger partial charge in [0.05, 0.1) is 6.54 Å². The monoisotopic (exact) mass is 293 g/mol. The average molecular weight is 293 g/mol. The van der Waals surface area contributed by atoms with E-state index in [0.717, 1.165) is 24.0 Å². The number of nitrogens with one attached hydrogen (secondary N) is 1. The molecule has 108 valence electrons. The summed E-state index contributed by atoms with van der Waals surface area (Å²) >= 11 is 0. The maximum Gasteiger partial charge on any atom is 0.279 e. The van der Waals surface area contributed by atoms with Gasteiger partial charge in [-0.15, -0.1) is 0 Å². The molecule has 2 rings (SSSR count). The summed E-state index contributed by atoms with van der Waals surface area (Å²) in [4.78, 5) is 0. The van der Waals surface area contributed by atoms with Crippen LogP contribution in [0.3, 0.4) is 0 Å². The van der Waals surface area contributed by atoms with Crippen molar-refractivity contribution in [3.05, 3.63) is 35.4 Å². The van der Waals surface area contributed by atoms with Gasteiger partial charge in [0.25, 0.3) is 10.2 Å². The SMILES string of the molecule is NCC#Cc1cccc(CNS(=O)(=O)N2CCCC2)c1. The molecule has 3 N–H and O–H groups in total. The Bertz CT molecular complexity index is 611. The number of nitrogens with zero attached hydrogens (tertiary/aromatic N) is 1. The van der Waals surface area contributed by atoms with Gasteiger partial charge in [0.2, 0.25) is 0 Å². The molecule has 0 saturated carbocycles. The van der Waals surface area contributed by atoms with Crippen LogP contribution in [0.4, 0.5) is 0 Å². The number of nitrogens with two attached hydrogens (primary N) is 1. The fraction of sp³-hybridized carbons (Fsp3) is 0.429. The third-order valence-corrected chi connectivity index (χ3v) is 4.68. The molecule has 0 aliphatic carbocycles. The van der Waals surface area contributed by atoms with Crippen LogP contribution in [0.1, 0.15) is 24.0 Å². The predicted octanol–water partition coefficient (Wildman–Crippen LogP) is 0.427. The van der Waals surface area contributed by atoms with E-state index in [1.165, 1.54) is 4.31 Å². The van der Waals surface area contributed by atoms with Crippen LogP contribution in [0.5, 0.6) is 0 Å². The van der Waals surface area contributed by atoms with Gasteiger partial charge in [0.15, 0.2) is 0 Å². The molecule has 0 aromatic heterocycles. The van der Waals surface area contributed by atoms with Gasteiger partial charge in [-0.3, -0.25) is 0 Å². The van der Waals surface area contributed by atoms with Gasteiger partial charge >= 0.3 is 0 Å². The lowest BCUT2D eigenvalue weighted by Crippen LogP contribution is -2.38. The van der Waals surface area contributed by atoms with Gasteiger partial charge in [0, 0.05) is 25.2 Å². The van der Waals surface area contributed by atoms with E-state index in [-0.39, 0.29) is 6.54 Å². The van der Waals surface area contributed by atoms with Crippen LogP contribution in [0.15, 0.2) is 24.3 Å². The summed E-state index contributed by atoms with van der Waals surface area (Å²) in [5.74, 6) is 5.71. The minimum Gasteiger partial charge on any atom is -0.320 e. The van der Waals surface area contributed by atoms with Crippen molar-refractivity contribution in [1.29, 1.82) is 0 Å². The first-order chi connectivity index (χ1) is 9.62. The molecule has 0 bridgehead atoms. The Balaban J connectivity index is 2.00. The quantitative estimate of drug-likeness (QED) is 0.790. The first-order valence-electron chi connectivity index (χ1n) is 6.64. The number of benzene rings is 1. The maximum atomic E-state index is 12.0. The van der Waals surface area contributed by atoms with Crippen molar-refractivity contribution < 1.29 is 8.42 Å². The molecule has 5 nitrogen and oxygen atoms in total. The second-order valence-electron chi connectivity index (χ2n) is 4.64. The number of hydrogen-bond acceptors (Lipinski definition) is 3. The highest BCUT2D eigenvalue weighted by Gasteiger charge is 2.24. The highest BCUT2D eigenvalue weighted by atomic mass is 32.2. The van der Waals surface area contributed by atoms with E-state index in [1.54, 1.807) is 0 Å². The van der Waals surface area contributed by atoms with E-state index < -0.39 is 10.2 Å². The summed E-state index contributed by atoms with van der Waals surface area (Å²) in [7, 11) is -3.36. The lowest BCUT2D eigenvalue weighted by atomic mass is 10.1. The molecule has 0 unspecified atom stereocenters. The zero-order valence-electron chi connectivity index (χ0n) is 11.3. The maximum absolute atomic E-state index is 12.0. The van der Waals surface area contributed by atoms with Crippen molar-refractivity contribution in [3.8, 4) is 11.8 Å². The standard InChI is InChI=1S/C14H19N3O2S/c15-8-4-7-13-5-3-6-14(11-13)12-16-20(18,19)17-9-1-2-10-17/h3,5-6,11,16H,1-2,8-10,12,15H2. The molecule has 1 heterocycles. The van der Waals surface area contributed by atoms with Crippen LogP contribution < -0.4 is 10.5 Å². The largest absolute Gasteiger partial charge is 0.320 e. The van der Waals surface area contributed by atoms with E-state index in [4.69, 9.17) is 5.73 Å². The second kappa shape index (κ2) is 6.86. The van der Waals surface area contributed by atoms with E-state index >= 15 is 0 Å². The average Bonchev–Trinajstić information content (AvgIpc) is 2.98. The Morgan fingerprint density at radius 2 is 2.05 bits per heavy atom. The molecule has 1 aliphatic rings. The summed E-state index contributed by atoms with van der Waals surface area (Å²) in [6, 6.07) is 7.48. The molecule has 0 atom stereocenters. The summed E-state index contributed by atoms with van der Waals surface area (Å²) in [5.41, 5.74) is 7.06. The normalized spacial score (nSPS) is 15.8. The predicted molar refractivity (Wildman–Crippen MR) is 78.9 cm³/mol. The van der Waals surface area contributed by atoms with Crippen molar-refractivity contribution in [2.75, 3.05) is 19.6 Å². The molecule has 20 heavy (non-hydrogen) atoms. The van der Waals surface area contributed by atoms with Gasteiger partial charge in [-0.05, 0) is 30.5 Å². The Morgan fingerprint density at radius 3 is 2.75 bits per heavy atom. The Kier molecular flexibility index (Phi) is 5.15. The molecular weight excluding hydrogens is 274 g/mol. The van der Waals surface area contributed by atoms with E-state index in [9.17, 15) is 8.42 Å². The second-order valence-corrected chi connectivity index (χ2v) is 6.39. The van der Waals surface area contributed by atoms with Gasteiger partial charge < -0.3 is 5.73 Å². The van der Waals surface area contributed by atoms with Crippen molar-refractivity contribution in [2.24, 2.45) is 5.73 Å². The Labute approximate surface area is 120 Å². The molecule has 0 amide bonds. The topological polar surface area (TPSA) is 75.4 Å². The minimum absolute atomic E-state index is 0.275. The molecule has 1 aliphatic heterocycles. The molecule has 6 heteroatoms. The van der Waals surface area contributed by atoms with Crippen LogP contribution in [0.2, 0.25) is 0 Å². The smallest absolute Gasteiger partial charge is 0.279 e. The number of rotatable bonds is 4. The first-order valence-corrected chi connectivity index (χ1v) is 8.08. The third kappa shape index (κ3) is 4.05. The minimum atomic E-state index is -3.36. The van der Waals surface area contributed by atoms with Gasteiger partial charge in [-0.1, -0.05) is 24.0 Å². The van der Waals surface area contributed by atoms with Gasteiger partial charge in [-0.25, -0.2) is 0 Å². The van der Waals surface area contributed by atoms with Crippen LogP contribution in [-0.4, -0.2) is 32.4 Å². The van der Waals surface area contributed by atoms with Crippen molar-refractivity contribution in [2.45, 2.75) is 19.4 Å². The number of hydrogen-bond donors (Lipinski definition) is 2. The zero-order valence-corrected chi connectivity index (χ0v) is 12.1. The highest BCUT2D eigenvalue weighted by Crippen LogP contribution is 2.12. The van der Waals surface area contributed by atoms with Crippen LogP contribution >= 0.6 is 0 Å². The first kappa shape index (κ1) is 15.0. The van der Waals surface area contributed by atoms with Crippen molar-refractivity contribution >= 4 is 10.2 Å². The summed E-state index contributed by atoms with van der Waals surface area (Å²) < 4.78 is 28.2. The fourth-order valence-corrected chi connectivity index (χ4v) is 3.38. The zero-order chi connectivity index (χ0) is 14.4. The summed E-state index contributed by atoms with van der Waals surface area (Å²) in [5, 5.41) is 0. The van der Waals surface area contributed by atoms with Crippen LogP contribution in [0, 0.1) is 11.8 Å². The Hall–Kier alpha value is -1.39. The molecule has 1 saturated heterocycles. The van der Waals surface area contributed by atoms with Crippen molar-refractivity contribution in [1.82, 2.24) is 9.03 Å². The van der Waals surface area contributed by atoms with E-state index in [0.29, 0.717) is 19.6 Å². The third-order valence-electron chi connectivity index (χ3n) is 3.13.